The maximum atomic E-state index is 11.6. The molecule has 0 aliphatic rings. The van der Waals surface area contributed by atoms with Gasteiger partial charge in [-0.05, 0) is 13.8 Å². The molecule has 0 radical (unpaired) electrons. The van der Waals surface area contributed by atoms with Gasteiger partial charge in [0.15, 0.2) is 0 Å². The quantitative estimate of drug-likeness (QED) is 0.888. The Morgan fingerprint density at radius 2 is 2.05 bits per heavy atom. The van der Waals surface area contributed by atoms with Gasteiger partial charge in [0.2, 0.25) is 5.91 Å². The number of carbonyl (C=O) groups is 1. The lowest BCUT2D eigenvalue weighted by Crippen LogP contribution is -2.29. The van der Waals surface area contributed by atoms with Gasteiger partial charge in [-0.3, -0.25) is 4.79 Å². The number of hydrogen-bond donors (Lipinski definition) is 2. The third-order valence-electron chi connectivity index (χ3n) is 2.87. The molecule has 0 aliphatic carbocycles. The number of halogens is 1. The van der Waals surface area contributed by atoms with E-state index in [0.29, 0.717) is 13.0 Å². The van der Waals surface area contributed by atoms with Crippen LogP contribution in [0.3, 0.4) is 0 Å². The van der Waals surface area contributed by atoms with E-state index in [1.807, 2.05) is 44.2 Å². The number of benzene rings is 1. The van der Waals surface area contributed by atoms with Crippen LogP contribution in [-0.4, -0.2) is 16.9 Å². The summed E-state index contributed by atoms with van der Waals surface area (Å²) in [4.78, 5) is 17.3. The van der Waals surface area contributed by atoms with Crippen LogP contribution in [0.2, 0.25) is 0 Å². The van der Waals surface area contributed by atoms with Crippen molar-refractivity contribution in [1.82, 2.24) is 10.3 Å². The third kappa shape index (κ3) is 5.12. The van der Waals surface area contributed by atoms with Gasteiger partial charge in [-0.25, -0.2) is 4.98 Å². The Hall–Kier alpha value is -1.43. The maximum Gasteiger partial charge on any atom is 0.221 e. The number of nitrogens with zero attached hydrogens (tertiary/aromatic N) is 1. The molecule has 2 rings (SSSR count). The summed E-state index contributed by atoms with van der Waals surface area (Å²) < 4.78 is 0. The zero-order chi connectivity index (χ0) is 14.5. The van der Waals surface area contributed by atoms with E-state index in [9.17, 15) is 4.79 Å². The van der Waals surface area contributed by atoms with E-state index < -0.39 is 0 Å². The van der Waals surface area contributed by atoms with Gasteiger partial charge < -0.3 is 11.1 Å². The first-order chi connectivity index (χ1) is 9.56. The van der Waals surface area contributed by atoms with Crippen LogP contribution in [0.1, 0.15) is 23.9 Å². The van der Waals surface area contributed by atoms with Gasteiger partial charge in [0.1, 0.15) is 5.01 Å². The fourth-order valence-corrected chi connectivity index (χ4v) is 2.85. The molecule has 0 bridgehead atoms. The van der Waals surface area contributed by atoms with Crippen LogP contribution in [0, 0.1) is 6.92 Å². The molecule has 114 valence electrons. The number of aryl methyl sites for hydroxylation is 1. The van der Waals surface area contributed by atoms with Crippen LogP contribution >= 0.6 is 23.7 Å². The van der Waals surface area contributed by atoms with Crippen molar-refractivity contribution in [3.63, 3.8) is 0 Å². The monoisotopic (exact) mass is 325 g/mol. The molecule has 0 saturated heterocycles. The van der Waals surface area contributed by atoms with Crippen molar-refractivity contribution < 1.29 is 4.79 Å². The summed E-state index contributed by atoms with van der Waals surface area (Å²) >= 11 is 1.62. The first-order valence-electron chi connectivity index (χ1n) is 6.60. The largest absolute Gasteiger partial charge is 0.351 e. The van der Waals surface area contributed by atoms with Crippen molar-refractivity contribution in [3.8, 4) is 10.6 Å². The minimum atomic E-state index is -0.113. The zero-order valence-electron chi connectivity index (χ0n) is 12.1. The predicted octanol–water partition coefficient (Wildman–Crippen LogP) is 2.89. The molecule has 1 atom stereocenters. The lowest BCUT2D eigenvalue weighted by Gasteiger charge is -2.06. The summed E-state index contributed by atoms with van der Waals surface area (Å²) in [6.07, 6.45) is 0.351. The van der Waals surface area contributed by atoms with Crippen LogP contribution in [0.4, 0.5) is 0 Å². The second-order valence-corrected chi connectivity index (χ2v) is 5.94. The minimum absolute atomic E-state index is 0. The molecule has 6 heteroatoms. The standard InChI is InChI=1S/C15H19N3OS.ClH/c1-10(16)8-14(19)17-9-13-11(2)18-15(20-13)12-6-4-3-5-7-12;/h3-7,10H,8-9,16H2,1-2H3,(H,17,19);1H. The number of nitrogens with two attached hydrogens (primary N) is 1. The highest BCUT2D eigenvalue weighted by molar-refractivity contribution is 7.15. The maximum absolute atomic E-state index is 11.6. The Kier molecular flexibility index (Phi) is 6.81. The van der Waals surface area contributed by atoms with Crippen LogP contribution in [0.5, 0.6) is 0 Å². The molecule has 1 unspecified atom stereocenters. The fourth-order valence-electron chi connectivity index (χ4n) is 1.84. The molecular formula is C15H20ClN3OS. The summed E-state index contributed by atoms with van der Waals surface area (Å²) in [6.45, 7) is 4.31. The summed E-state index contributed by atoms with van der Waals surface area (Å²) in [5.74, 6) is -0.0194. The van der Waals surface area contributed by atoms with Crippen molar-refractivity contribution in [2.24, 2.45) is 5.73 Å². The highest BCUT2D eigenvalue weighted by Crippen LogP contribution is 2.27. The molecule has 1 amide bonds. The van der Waals surface area contributed by atoms with E-state index in [2.05, 4.69) is 10.3 Å². The normalized spacial score (nSPS) is 11.6. The molecule has 1 aromatic carbocycles. The number of rotatable bonds is 5. The van der Waals surface area contributed by atoms with Gasteiger partial charge in [-0.15, -0.1) is 23.7 Å². The molecule has 1 aromatic heterocycles. The number of nitrogens with one attached hydrogen (secondary N) is 1. The predicted molar refractivity (Wildman–Crippen MR) is 89.6 cm³/mol. The number of hydrogen-bond acceptors (Lipinski definition) is 4. The third-order valence-corrected chi connectivity index (χ3v) is 4.07. The van der Waals surface area contributed by atoms with E-state index in [1.54, 1.807) is 11.3 Å². The van der Waals surface area contributed by atoms with Gasteiger partial charge >= 0.3 is 0 Å². The van der Waals surface area contributed by atoms with E-state index >= 15 is 0 Å². The van der Waals surface area contributed by atoms with Gasteiger partial charge in [0, 0.05) is 22.9 Å². The van der Waals surface area contributed by atoms with Crippen molar-refractivity contribution in [1.29, 1.82) is 0 Å². The Bertz CT molecular complexity index is 584. The highest BCUT2D eigenvalue weighted by atomic mass is 35.5. The lowest BCUT2D eigenvalue weighted by atomic mass is 10.2. The second kappa shape index (κ2) is 8.12. The van der Waals surface area contributed by atoms with Gasteiger partial charge in [0.05, 0.1) is 12.2 Å². The zero-order valence-corrected chi connectivity index (χ0v) is 13.8. The highest BCUT2D eigenvalue weighted by Gasteiger charge is 2.11. The van der Waals surface area contributed by atoms with Crippen LogP contribution < -0.4 is 11.1 Å². The summed E-state index contributed by atoms with van der Waals surface area (Å²) in [5.41, 5.74) is 7.67. The summed E-state index contributed by atoms with van der Waals surface area (Å²) in [5, 5.41) is 3.87. The van der Waals surface area contributed by atoms with Crippen LogP contribution in [0.15, 0.2) is 30.3 Å². The minimum Gasteiger partial charge on any atom is -0.351 e. The van der Waals surface area contributed by atoms with E-state index in [0.717, 1.165) is 21.1 Å². The Balaban J connectivity index is 0.00000220. The summed E-state index contributed by atoms with van der Waals surface area (Å²) in [7, 11) is 0. The number of carbonyl (C=O) groups excluding carboxylic acids is 1. The molecule has 4 nitrogen and oxygen atoms in total. The SMILES string of the molecule is Cc1nc(-c2ccccc2)sc1CNC(=O)CC(C)N.Cl. The number of thiazole rings is 1. The van der Waals surface area contributed by atoms with Crippen molar-refractivity contribution >= 4 is 29.7 Å². The molecule has 0 spiro atoms. The molecule has 0 aliphatic heterocycles. The molecule has 1 heterocycles. The van der Waals surface area contributed by atoms with Crippen molar-refractivity contribution in [3.05, 3.63) is 40.9 Å². The van der Waals surface area contributed by atoms with Crippen LogP contribution in [-0.2, 0) is 11.3 Å². The average Bonchev–Trinajstić information content (AvgIpc) is 2.78. The Morgan fingerprint density at radius 1 is 1.38 bits per heavy atom. The topological polar surface area (TPSA) is 68.0 Å². The molecular weight excluding hydrogens is 306 g/mol. The molecule has 0 fully saturated rings. The molecule has 2 aromatic rings. The Labute approximate surface area is 135 Å². The van der Waals surface area contributed by atoms with E-state index in [-0.39, 0.29) is 24.4 Å². The van der Waals surface area contributed by atoms with E-state index in [1.165, 1.54) is 0 Å². The number of amides is 1. The average molecular weight is 326 g/mol. The van der Waals surface area contributed by atoms with Gasteiger partial charge in [-0.1, -0.05) is 30.3 Å². The Morgan fingerprint density at radius 3 is 2.67 bits per heavy atom. The van der Waals surface area contributed by atoms with Crippen LogP contribution in [0.25, 0.3) is 10.6 Å². The smallest absolute Gasteiger partial charge is 0.221 e. The number of aromatic nitrogens is 1. The molecule has 0 saturated carbocycles. The lowest BCUT2D eigenvalue weighted by molar-refractivity contribution is -0.121. The first kappa shape index (κ1) is 17.6. The molecule has 21 heavy (non-hydrogen) atoms. The first-order valence-corrected chi connectivity index (χ1v) is 7.42. The molecule has 3 N–H and O–H groups in total. The van der Waals surface area contributed by atoms with Gasteiger partial charge in [0.25, 0.3) is 0 Å². The second-order valence-electron chi connectivity index (χ2n) is 4.85. The van der Waals surface area contributed by atoms with E-state index in [4.69, 9.17) is 5.73 Å². The van der Waals surface area contributed by atoms with Crippen molar-refractivity contribution in [2.45, 2.75) is 32.9 Å². The van der Waals surface area contributed by atoms with Gasteiger partial charge in [-0.2, -0.15) is 0 Å². The fraction of sp³-hybridized carbons (Fsp3) is 0.333. The summed E-state index contributed by atoms with van der Waals surface area (Å²) in [6, 6.07) is 9.94. The van der Waals surface area contributed by atoms with Crippen molar-refractivity contribution in [2.75, 3.05) is 0 Å².